The Kier molecular flexibility index (Phi) is 5.23. The first-order valence-corrected chi connectivity index (χ1v) is 7.96. The molecule has 1 fully saturated rings. The van der Waals surface area contributed by atoms with Crippen molar-refractivity contribution in [3.05, 3.63) is 24.3 Å². The largest absolute Gasteiger partial charge is 0.399 e. The summed E-state index contributed by atoms with van der Waals surface area (Å²) in [5.41, 5.74) is 7.21. The number of benzene rings is 1. The van der Waals surface area contributed by atoms with Crippen LogP contribution >= 0.6 is 0 Å². The number of nitrogen functional groups attached to an aromatic ring is 1. The van der Waals surface area contributed by atoms with Gasteiger partial charge in [-0.3, -0.25) is 9.69 Å². The van der Waals surface area contributed by atoms with Crippen molar-refractivity contribution in [1.29, 1.82) is 0 Å². The summed E-state index contributed by atoms with van der Waals surface area (Å²) in [6.45, 7) is 6.54. The molecule has 1 heterocycles. The molecule has 1 amide bonds. The predicted octanol–water partition coefficient (Wildman–Crippen LogP) is 3.25. The summed E-state index contributed by atoms with van der Waals surface area (Å²) in [6.07, 6.45) is 4.42. The van der Waals surface area contributed by atoms with E-state index in [9.17, 15) is 4.79 Å². The highest BCUT2D eigenvalue weighted by Gasteiger charge is 2.33. The molecule has 1 aromatic carbocycles. The van der Waals surface area contributed by atoms with Crippen LogP contribution in [0.15, 0.2) is 24.3 Å². The van der Waals surface area contributed by atoms with Crippen LogP contribution in [0.4, 0.5) is 11.4 Å². The molecule has 116 valence electrons. The minimum atomic E-state index is -0.0725. The lowest BCUT2D eigenvalue weighted by molar-refractivity contribution is -0.124. The van der Waals surface area contributed by atoms with E-state index in [2.05, 4.69) is 31.0 Å². The first-order chi connectivity index (χ1) is 10.0. The molecule has 0 spiro atoms. The van der Waals surface area contributed by atoms with E-state index >= 15 is 0 Å². The van der Waals surface area contributed by atoms with Gasteiger partial charge in [0.05, 0.1) is 6.04 Å². The zero-order chi connectivity index (χ0) is 15.4. The summed E-state index contributed by atoms with van der Waals surface area (Å²) in [5, 5.41) is 3.01. The van der Waals surface area contributed by atoms with Crippen LogP contribution in [0.5, 0.6) is 0 Å². The first-order valence-electron chi connectivity index (χ1n) is 7.96. The Hall–Kier alpha value is -1.55. The van der Waals surface area contributed by atoms with Gasteiger partial charge in [0.25, 0.3) is 0 Å². The number of carbonyl (C=O) groups excluding carboxylic acids is 1. The van der Waals surface area contributed by atoms with E-state index in [0.717, 1.165) is 12.1 Å². The van der Waals surface area contributed by atoms with Crippen molar-refractivity contribution in [3.63, 3.8) is 0 Å². The fraction of sp³-hybridized carbons (Fsp3) is 0.588. The molecule has 0 aromatic heterocycles. The third-order valence-corrected chi connectivity index (χ3v) is 4.47. The Morgan fingerprint density at radius 3 is 2.62 bits per heavy atom. The SMILES string of the molecule is CCC(C(=O)Nc1cccc(N)c1)N1C(C)CCCC1C. The van der Waals surface area contributed by atoms with Gasteiger partial charge in [-0.05, 0) is 51.3 Å². The lowest BCUT2D eigenvalue weighted by Gasteiger charge is -2.43. The van der Waals surface area contributed by atoms with Crippen LogP contribution in [0.25, 0.3) is 0 Å². The lowest BCUT2D eigenvalue weighted by atomic mass is 9.94. The topological polar surface area (TPSA) is 58.4 Å². The van der Waals surface area contributed by atoms with Gasteiger partial charge < -0.3 is 11.1 Å². The van der Waals surface area contributed by atoms with E-state index < -0.39 is 0 Å². The second-order valence-electron chi connectivity index (χ2n) is 6.11. The number of hydrogen-bond donors (Lipinski definition) is 2. The molecule has 3 atom stereocenters. The van der Waals surface area contributed by atoms with E-state index in [-0.39, 0.29) is 11.9 Å². The van der Waals surface area contributed by atoms with Crippen LogP contribution in [-0.2, 0) is 4.79 Å². The van der Waals surface area contributed by atoms with E-state index in [1.165, 1.54) is 19.3 Å². The van der Waals surface area contributed by atoms with Gasteiger partial charge in [0.2, 0.25) is 5.91 Å². The number of piperidine rings is 1. The molecule has 4 heteroatoms. The minimum absolute atomic E-state index is 0.0725. The van der Waals surface area contributed by atoms with Crippen molar-refractivity contribution in [2.75, 3.05) is 11.1 Å². The van der Waals surface area contributed by atoms with Crippen LogP contribution in [0.1, 0.15) is 46.5 Å². The highest BCUT2D eigenvalue weighted by atomic mass is 16.2. The molecule has 0 aliphatic carbocycles. The van der Waals surface area contributed by atoms with Gasteiger partial charge in [-0.15, -0.1) is 0 Å². The Morgan fingerprint density at radius 1 is 1.38 bits per heavy atom. The van der Waals surface area contributed by atoms with Gasteiger partial charge in [0, 0.05) is 23.5 Å². The average molecular weight is 289 g/mol. The van der Waals surface area contributed by atoms with Crippen molar-refractivity contribution in [1.82, 2.24) is 4.90 Å². The van der Waals surface area contributed by atoms with E-state index in [1.54, 1.807) is 6.07 Å². The van der Waals surface area contributed by atoms with Gasteiger partial charge in [-0.1, -0.05) is 19.4 Å². The molecule has 1 aliphatic rings. The van der Waals surface area contributed by atoms with Crippen molar-refractivity contribution in [3.8, 4) is 0 Å². The molecule has 4 nitrogen and oxygen atoms in total. The minimum Gasteiger partial charge on any atom is -0.399 e. The normalized spacial score (nSPS) is 24.5. The molecule has 3 unspecified atom stereocenters. The number of rotatable bonds is 4. The van der Waals surface area contributed by atoms with Crippen LogP contribution in [0.2, 0.25) is 0 Å². The number of hydrogen-bond acceptors (Lipinski definition) is 3. The molecular weight excluding hydrogens is 262 g/mol. The summed E-state index contributed by atoms with van der Waals surface area (Å²) >= 11 is 0. The summed E-state index contributed by atoms with van der Waals surface area (Å²) in [7, 11) is 0. The number of anilines is 2. The molecule has 3 N–H and O–H groups in total. The highest BCUT2D eigenvalue weighted by molar-refractivity contribution is 5.95. The summed E-state index contributed by atoms with van der Waals surface area (Å²) in [5.74, 6) is 0.0729. The van der Waals surface area contributed by atoms with Gasteiger partial charge in [-0.25, -0.2) is 0 Å². The van der Waals surface area contributed by atoms with Crippen molar-refractivity contribution in [2.24, 2.45) is 0 Å². The maximum absolute atomic E-state index is 12.7. The van der Waals surface area contributed by atoms with Crippen LogP contribution in [-0.4, -0.2) is 28.9 Å². The summed E-state index contributed by atoms with van der Waals surface area (Å²) < 4.78 is 0. The summed E-state index contributed by atoms with van der Waals surface area (Å²) in [4.78, 5) is 15.0. The van der Waals surface area contributed by atoms with Crippen LogP contribution < -0.4 is 11.1 Å². The fourth-order valence-electron chi connectivity index (χ4n) is 3.43. The number of nitrogens with zero attached hydrogens (tertiary/aromatic N) is 1. The molecule has 0 saturated carbocycles. The van der Waals surface area contributed by atoms with Crippen LogP contribution in [0, 0.1) is 0 Å². The quantitative estimate of drug-likeness (QED) is 0.837. The second-order valence-corrected chi connectivity index (χ2v) is 6.11. The molecule has 1 aliphatic heterocycles. The second kappa shape index (κ2) is 6.94. The third-order valence-electron chi connectivity index (χ3n) is 4.47. The summed E-state index contributed by atoms with van der Waals surface area (Å²) in [6, 6.07) is 8.21. The molecule has 21 heavy (non-hydrogen) atoms. The average Bonchev–Trinajstić information content (AvgIpc) is 2.43. The first kappa shape index (κ1) is 15.8. The molecule has 0 bridgehead atoms. The maximum Gasteiger partial charge on any atom is 0.241 e. The van der Waals surface area contributed by atoms with E-state index in [4.69, 9.17) is 5.73 Å². The molecular formula is C17H27N3O. The number of amides is 1. The predicted molar refractivity (Wildman–Crippen MR) is 88.2 cm³/mol. The van der Waals surface area contributed by atoms with Crippen molar-refractivity contribution in [2.45, 2.75) is 64.6 Å². The zero-order valence-corrected chi connectivity index (χ0v) is 13.3. The Bertz CT molecular complexity index is 479. The van der Waals surface area contributed by atoms with Crippen LogP contribution in [0.3, 0.4) is 0 Å². The standard InChI is InChI=1S/C17H27N3O/c1-4-16(20-12(2)7-5-8-13(20)3)17(21)19-15-10-6-9-14(18)11-15/h6,9-13,16H,4-5,7-8,18H2,1-3H3,(H,19,21). The third kappa shape index (κ3) is 3.76. The fourth-order valence-corrected chi connectivity index (χ4v) is 3.43. The monoisotopic (exact) mass is 289 g/mol. The molecule has 1 saturated heterocycles. The van der Waals surface area contributed by atoms with Gasteiger partial charge in [0.1, 0.15) is 0 Å². The smallest absolute Gasteiger partial charge is 0.241 e. The number of nitrogens with two attached hydrogens (primary N) is 1. The Morgan fingerprint density at radius 2 is 2.05 bits per heavy atom. The number of likely N-dealkylation sites (tertiary alicyclic amines) is 1. The molecule has 0 radical (unpaired) electrons. The highest BCUT2D eigenvalue weighted by Crippen LogP contribution is 2.26. The van der Waals surface area contributed by atoms with Crippen molar-refractivity contribution < 1.29 is 4.79 Å². The zero-order valence-electron chi connectivity index (χ0n) is 13.3. The van der Waals surface area contributed by atoms with Crippen molar-refractivity contribution >= 4 is 17.3 Å². The van der Waals surface area contributed by atoms with Gasteiger partial charge >= 0.3 is 0 Å². The Balaban J connectivity index is 2.10. The number of nitrogens with one attached hydrogen (secondary N) is 1. The molecule has 1 aromatic rings. The Labute approximate surface area is 127 Å². The maximum atomic E-state index is 12.7. The van der Waals surface area contributed by atoms with E-state index in [1.807, 2.05) is 18.2 Å². The van der Waals surface area contributed by atoms with E-state index in [0.29, 0.717) is 17.8 Å². The number of carbonyl (C=O) groups is 1. The lowest BCUT2D eigenvalue weighted by Crippen LogP contribution is -2.54. The van der Waals surface area contributed by atoms with Gasteiger partial charge in [-0.2, -0.15) is 0 Å². The molecule has 2 rings (SSSR count). The van der Waals surface area contributed by atoms with Gasteiger partial charge in [0.15, 0.2) is 0 Å².